The van der Waals surface area contributed by atoms with Gasteiger partial charge in [0.2, 0.25) is 0 Å². The Balaban J connectivity index is 1.63. The van der Waals surface area contributed by atoms with Gasteiger partial charge in [0.25, 0.3) is 0 Å². The zero-order valence-corrected chi connectivity index (χ0v) is 24.0. The summed E-state index contributed by atoms with van der Waals surface area (Å²) in [6.07, 6.45) is 0.941. The van der Waals surface area contributed by atoms with E-state index in [-0.39, 0.29) is 22.8 Å². The van der Waals surface area contributed by atoms with Crippen LogP contribution in [-0.4, -0.2) is 12.9 Å². The number of Topliss-reactive ketones (excluding diaryl/α,β-unsaturated/α-hetero) is 1. The molecule has 41 heavy (non-hydrogen) atoms. The first-order chi connectivity index (χ1) is 19.5. The molecule has 6 nitrogen and oxygen atoms in total. The van der Waals surface area contributed by atoms with Crippen molar-refractivity contribution in [1.82, 2.24) is 0 Å². The van der Waals surface area contributed by atoms with Crippen LogP contribution < -0.4 is 20.1 Å². The molecule has 210 valence electrons. The Hall–Kier alpha value is -4.57. The van der Waals surface area contributed by atoms with E-state index in [4.69, 9.17) is 15.2 Å². The summed E-state index contributed by atoms with van der Waals surface area (Å²) in [6.45, 7) is 8.41. The van der Waals surface area contributed by atoms with Gasteiger partial charge in [0.1, 0.15) is 29.7 Å². The molecule has 1 atom stereocenters. The second kappa shape index (κ2) is 10.8. The number of nitrogens with two attached hydrogens (primary N) is 1. The quantitative estimate of drug-likeness (QED) is 0.356. The summed E-state index contributed by atoms with van der Waals surface area (Å²) in [5, 5.41) is 10.5. The number of halogens is 1. The van der Waals surface area contributed by atoms with Gasteiger partial charge in [-0.05, 0) is 90.9 Å². The number of carbonyl (C=O) groups excluding carboxylic acids is 1. The largest absolute Gasteiger partial charge is 0.497 e. The van der Waals surface area contributed by atoms with Gasteiger partial charge in [0, 0.05) is 23.4 Å². The first kappa shape index (κ1) is 28.0. The Morgan fingerprint density at radius 1 is 1.05 bits per heavy atom. The molecule has 1 unspecified atom stereocenters. The number of ketones is 1. The number of rotatable bonds is 6. The number of nitrogens with zero attached hydrogens (tertiary/aromatic N) is 2. The molecule has 3 aromatic carbocycles. The van der Waals surface area contributed by atoms with Crippen LogP contribution >= 0.6 is 0 Å². The maximum Gasteiger partial charge on any atom is 0.162 e. The van der Waals surface area contributed by atoms with Gasteiger partial charge in [-0.1, -0.05) is 31.5 Å². The predicted octanol–water partition coefficient (Wildman–Crippen LogP) is 6.97. The van der Waals surface area contributed by atoms with E-state index in [0.717, 1.165) is 33.7 Å². The average molecular weight is 552 g/mol. The van der Waals surface area contributed by atoms with Crippen molar-refractivity contribution in [3.63, 3.8) is 0 Å². The van der Waals surface area contributed by atoms with E-state index in [1.54, 1.807) is 24.1 Å². The summed E-state index contributed by atoms with van der Waals surface area (Å²) in [7, 11) is 1.62. The summed E-state index contributed by atoms with van der Waals surface area (Å²) in [5.74, 6) is 0.708. The number of carbonyl (C=O) groups is 1. The van der Waals surface area contributed by atoms with Gasteiger partial charge in [0.15, 0.2) is 5.78 Å². The van der Waals surface area contributed by atoms with Crippen LogP contribution in [0.15, 0.2) is 83.3 Å². The zero-order valence-electron chi connectivity index (χ0n) is 24.0. The molecular weight excluding hydrogens is 517 g/mol. The molecule has 5 rings (SSSR count). The van der Waals surface area contributed by atoms with E-state index in [1.807, 2.05) is 44.2 Å². The Morgan fingerprint density at radius 3 is 2.34 bits per heavy atom. The summed E-state index contributed by atoms with van der Waals surface area (Å²) >= 11 is 0. The maximum atomic E-state index is 13.9. The van der Waals surface area contributed by atoms with Crippen molar-refractivity contribution in [2.75, 3.05) is 12.0 Å². The first-order valence-electron chi connectivity index (χ1n) is 13.6. The van der Waals surface area contributed by atoms with Crippen LogP contribution in [0.25, 0.3) is 0 Å². The van der Waals surface area contributed by atoms with Gasteiger partial charge < -0.3 is 15.2 Å². The Labute approximate surface area is 240 Å². The van der Waals surface area contributed by atoms with E-state index in [2.05, 4.69) is 26.0 Å². The Bertz CT molecular complexity index is 1610. The Morgan fingerprint density at radius 2 is 1.71 bits per heavy atom. The molecule has 1 aliphatic heterocycles. The highest BCUT2D eigenvalue weighted by Gasteiger charge is 2.45. The van der Waals surface area contributed by atoms with E-state index < -0.39 is 5.92 Å². The van der Waals surface area contributed by atoms with Crippen molar-refractivity contribution in [1.29, 1.82) is 5.26 Å². The number of hydrogen-bond acceptors (Lipinski definition) is 6. The number of methoxy groups -OCH3 is 1. The maximum absolute atomic E-state index is 13.9. The fourth-order valence-corrected chi connectivity index (χ4v) is 5.95. The molecule has 1 heterocycles. The van der Waals surface area contributed by atoms with Gasteiger partial charge in [-0.3, -0.25) is 9.69 Å². The first-order valence-corrected chi connectivity index (χ1v) is 13.6. The molecule has 0 amide bonds. The lowest BCUT2D eigenvalue weighted by atomic mass is 9.68. The van der Waals surface area contributed by atoms with Crippen LogP contribution in [0.2, 0.25) is 0 Å². The topological polar surface area (TPSA) is 88.6 Å². The lowest BCUT2D eigenvalue weighted by Gasteiger charge is -2.44. The van der Waals surface area contributed by atoms with Crippen LogP contribution in [0.5, 0.6) is 11.5 Å². The fourth-order valence-electron chi connectivity index (χ4n) is 5.95. The van der Waals surface area contributed by atoms with Gasteiger partial charge in [-0.15, -0.1) is 0 Å². The third kappa shape index (κ3) is 5.30. The lowest BCUT2D eigenvalue weighted by Crippen LogP contribution is -2.42. The number of benzene rings is 3. The third-order valence-electron chi connectivity index (χ3n) is 7.93. The van der Waals surface area contributed by atoms with Gasteiger partial charge in [-0.2, -0.15) is 5.26 Å². The van der Waals surface area contributed by atoms with Crippen LogP contribution in [0, 0.1) is 36.4 Å². The highest BCUT2D eigenvalue weighted by Crippen LogP contribution is 2.51. The van der Waals surface area contributed by atoms with Gasteiger partial charge >= 0.3 is 0 Å². The van der Waals surface area contributed by atoms with E-state index in [0.29, 0.717) is 42.0 Å². The monoisotopic (exact) mass is 551 g/mol. The third-order valence-corrected chi connectivity index (χ3v) is 7.93. The predicted molar refractivity (Wildman–Crippen MR) is 157 cm³/mol. The molecule has 0 fully saturated rings. The SMILES string of the molecule is COc1ccc(OCc2cc(C)cc(C3C(C#N)=C(N)N(c4ccc(F)cc4)C4=C3C(=O)CC(C)(C)C4)c2C)cc1. The van der Waals surface area contributed by atoms with Gasteiger partial charge in [0.05, 0.1) is 24.7 Å². The molecule has 0 aromatic heterocycles. The molecule has 3 aromatic rings. The molecule has 0 saturated carbocycles. The number of aryl methyl sites for hydroxylation is 1. The molecule has 0 spiro atoms. The Kier molecular flexibility index (Phi) is 7.35. The van der Waals surface area contributed by atoms with Crippen molar-refractivity contribution in [2.24, 2.45) is 11.1 Å². The average Bonchev–Trinajstić information content (AvgIpc) is 2.93. The van der Waals surface area contributed by atoms with Crippen molar-refractivity contribution in [3.8, 4) is 17.6 Å². The van der Waals surface area contributed by atoms with Crippen molar-refractivity contribution in [2.45, 2.75) is 53.1 Å². The standard InChI is InChI=1S/C34H34FN3O3/c1-20-14-22(19-41-26-12-10-25(40-5)11-13-26)21(2)27(15-20)31-28(18-36)33(37)38(24-8-6-23(35)7-9-24)29-16-34(3,4)17-30(39)32(29)31/h6-15,31H,16-17,19,37H2,1-5H3. The highest BCUT2D eigenvalue weighted by atomic mass is 19.1. The molecule has 2 aliphatic rings. The van der Waals surface area contributed by atoms with Crippen LogP contribution in [0.1, 0.15) is 54.9 Å². The molecule has 7 heteroatoms. The van der Waals surface area contributed by atoms with Gasteiger partial charge in [-0.25, -0.2) is 4.39 Å². The number of nitriles is 1. The second-order valence-electron chi connectivity index (χ2n) is 11.6. The summed E-state index contributed by atoms with van der Waals surface area (Å²) < 4.78 is 25.2. The van der Waals surface area contributed by atoms with Crippen molar-refractivity contribution >= 4 is 11.5 Å². The summed E-state index contributed by atoms with van der Waals surface area (Å²) in [6, 6.07) is 19.8. The smallest absolute Gasteiger partial charge is 0.162 e. The number of allylic oxidation sites excluding steroid dienone is 3. The molecule has 2 N–H and O–H groups in total. The summed E-state index contributed by atoms with van der Waals surface area (Å²) in [4.78, 5) is 15.7. The molecule has 0 saturated heterocycles. The highest BCUT2D eigenvalue weighted by molar-refractivity contribution is 6.01. The normalized spacial score (nSPS) is 18.2. The molecule has 0 bridgehead atoms. The minimum Gasteiger partial charge on any atom is -0.497 e. The summed E-state index contributed by atoms with van der Waals surface area (Å²) in [5.41, 5.74) is 12.5. The number of anilines is 1. The van der Waals surface area contributed by atoms with Crippen molar-refractivity contribution < 1.29 is 18.7 Å². The zero-order chi connectivity index (χ0) is 29.5. The van der Waals surface area contributed by atoms with E-state index in [9.17, 15) is 14.4 Å². The van der Waals surface area contributed by atoms with E-state index in [1.165, 1.54) is 12.1 Å². The number of ether oxygens (including phenoxy) is 2. The van der Waals surface area contributed by atoms with E-state index >= 15 is 0 Å². The minimum absolute atomic E-state index is 0.00875. The minimum atomic E-state index is -0.616. The molecule has 1 aliphatic carbocycles. The van der Waals surface area contributed by atoms with Crippen LogP contribution in [0.3, 0.4) is 0 Å². The van der Waals surface area contributed by atoms with Crippen LogP contribution in [-0.2, 0) is 11.4 Å². The van der Waals surface area contributed by atoms with Crippen LogP contribution in [0.4, 0.5) is 10.1 Å². The molecule has 0 radical (unpaired) electrons. The number of hydrogen-bond donors (Lipinski definition) is 1. The molecular formula is C34H34FN3O3. The van der Waals surface area contributed by atoms with Crippen molar-refractivity contribution in [3.05, 3.63) is 111 Å². The second-order valence-corrected chi connectivity index (χ2v) is 11.6. The lowest BCUT2D eigenvalue weighted by molar-refractivity contribution is -0.118. The fraction of sp³-hybridized carbons (Fsp3) is 0.294.